The summed E-state index contributed by atoms with van der Waals surface area (Å²) in [7, 11) is 0. The number of likely N-dealkylation sites (tertiary alicyclic amines) is 2. The minimum Gasteiger partial charge on any atom is -0.483 e. The summed E-state index contributed by atoms with van der Waals surface area (Å²) in [5.74, 6) is -4.15. The number of carbonyl (C=O) groups is 4. The Balaban J connectivity index is 1.53. The third kappa shape index (κ3) is 4.53. The van der Waals surface area contributed by atoms with Gasteiger partial charge >= 0.3 is 10.8 Å². The van der Waals surface area contributed by atoms with Crippen LogP contribution in [0.15, 0.2) is 28.0 Å². The Labute approximate surface area is 218 Å². The van der Waals surface area contributed by atoms with E-state index in [-0.39, 0.29) is 17.4 Å². The Morgan fingerprint density at radius 3 is 2.61 bits per heavy atom. The number of carboxylic acid groups (broad SMARTS) is 1. The summed E-state index contributed by atoms with van der Waals surface area (Å²) >= 11 is 8.29. The van der Waals surface area contributed by atoms with Crippen molar-refractivity contribution >= 4 is 58.4 Å². The number of nitrogens with one attached hydrogen (secondary N) is 1. The Hall–Kier alpha value is -2.83. The number of amides is 3. The summed E-state index contributed by atoms with van der Waals surface area (Å²) < 4.78 is 5.94. The number of benzene rings is 1. The summed E-state index contributed by atoms with van der Waals surface area (Å²) in [6.45, 7) is 0.399. The normalized spacial score (nSPS) is 23.4. The van der Waals surface area contributed by atoms with Gasteiger partial charge in [-0.05, 0) is 37.5 Å². The summed E-state index contributed by atoms with van der Waals surface area (Å²) in [4.78, 5) is 68.1. The summed E-state index contributed by atoms with van der Waals surface area (Å²) in [6.07, 6.45) is 2.97. The molecular formula is C23H22ClN3O7S2. The molecule has 5 rings (SSSR count). The van der Waals surface area contributed by atoms with Gasteiger partial charge in [0, 0.05) is 34.5 Å². The summed E-state index contributed by atoms with van der Waals surface area (Å²) in [6, 6.07) is 4.80. The standard InChI is InChI=1S/C23H22ClN3O7S2/c24-11-4-5-13(34-10-14(28)26-6-2-1-3-7-26)12(8-11)16-17-19(35-20-18(16)36-23(33)25-20)22(32)27(21(17)31)9-15(29)30/h4-5,8,16-17,19H,1-3,6-7,9-10H2,(H,25,33)(H,29,30)/t16-,17?,19?/m1/s1. The number of nitrogens with zero attached hydrogens (tertiary/aromatic N) is 2. The summed E-state index contributed by atoms with van der Waals surface area (Å²) in [5, 5.41) is 9.11. The van der Waals surface area contributed by atoms with Crippen molar-refractivity contribution in [2.45, 2.75) is 35.5 Å². The zero-order valence-electron chi connectivity index (χ0n) is 18.9. The first-order valence-corrected chi connectivity index (χ1v) is 13.5. The number of carbonyl (C=O) groups excluding carboxylic acids is 3. The van der Waals surface area contributed by atoms with Crippen LogP contribution in [-0.2, 0) is 19.2 Å². The number of aliphatic carboxylic acids is 1. The Kier molecular flexibility index (Phi) is 6.84. The molecule has 0 radical (unpaired) electrons. The topological polar surface area (TPSA) is 137 Å². The zero-order chi connectivity index (χ0) is 25.6. The minimum absolute atomic E-state index is 0.153. The molecule has 2 aromatic rings. The molecule has 0 saturated carbocycles. The van der Waals surface area contributed by atoms with Crippen LogP contribution in [-0.4, -0.2) is 75.1 Å². The fourth-order valence-electron chi connectivity index (χ4n) is 4.97. The molecule has 2 saturated heterocycles. The van der Waals surface area contributed by atoms with Gasteiger partial charge in [0.1, 0.15) is 17.5 Å². The molecule has 0 aliphatic carbocycles. The number of carboxylic acids is 1. The highest BCUT2D eigenvalue weighted by molar-refractivity contribution is 8.00. The smallest absolute Gasteiger partial charge is 0.323 e. The molecule has 3 atom stereocenters. The predicted molar refractivity (Wildman–Crippen MR) is 132 cm³/mol. The van der Waals surface area contributed by atoms with Crippen molar-refractivity contribution in [2.75, 3.05) is 26.2 Å². The van der Waals surface area contributed by atoms with Crippen LogP contribution >= 0.6 is 34.7 Å². The number of aromatic nitrogens is 1. The van der Waals surface area contributed by atoms with Gasteiger partial charge in [0.05, 0.1) is 10.9 Å². The molecule has 3 amide bonds. The monoisotopic (exact) mass is 551 g/mol. The number of halogens is 1. The molecule has 3 aliphatic rings. The van der Waals surface area contributed by atoms with Crippen LogP contribution in [0.25, 0.3) is 0 Å². The van der Waals surface area contributed by atoms with Gasteiger partial charge in [-0.25, -0.2) is 0 Å². The van der Waals surface area contributed by atoms with E-state index in [0.29, 0.717) is 39.3 Å². The number of rotatable bonds is 6. The van der Waals surface area contributed by atoms with E-state index in [4.69, 9.17) is 16.3 Å². The second-order valence-corrected chi connectivity index (χ2v) is 11.4. The molecule has 1 aromatic heterocycles. The second-order valence-electron chi connectivity index (χ2n) is 8.82. The lowest BCUT2D eigenvalue weighted by atomic mass is 9.82. The average molecular weight is 552 g/mol. The van der Waals surface area contributed by atoms with Crippen LogP contribution < -0.4 is 9.61 Å². The van der Waals surface area contributed by atoms with Gasteiger partial charge in [0.2, 0.25) is 11.8 Å². The molecule has 0 bridgehead atoms. The van der Waals surface area contributed by atoms with Crippen LogP contribution in [0, 0.1) is 5.92 Å². The molecule has 2 fully saturated rings. The summed E-state index contributed by atoms with van der Waals surface area (Å²) in [5.41, 5.74) is 0.457. The van der Waals surface area contributed by atoms with Gasteiger partial charge in [0.25, 0.3) is 5.91 Å². The lowest BCUT2D eigenvalue weighted by Gasteiger charge is -2.31. The molecule has 2 unspecified atom stereocenters. The fraction of sp³-hybridized carbons (Fsp3) is 0.435. The molecular weight excluding hydrogens is 530 g/mol. The third-order valence-corrected chi connectivity index (χ3v) is 9.21. The number of aromatic amines is 1. The number of imide groups is 1. The van der Waals surface area contributed by atoms with E-state index < -0.39 is 41.4 Å². The first kappa shape index (κ1) is 24.8. The number of hydrogen-bond acceptors (Lipinski definition) is 8. The maximum absolute atomic E-state index is 13.4. The van der Waals surface area contributed by atoms with Gasteiger partial charge in [-0.15, -0.1) is 0 Å². The van der Waals surface area contributed by atoms with E-state index in [2.05, 4.69) is 4.98 Å². The van der Waals surface area contributed by atoms with Crippen LogP contribution in [0.4, 0.5) is 0 Å². The van der Waals surface area contributed by atoms with E-state index in [1.54, 1.807) is 23.1 Å². The van der Waals surface area contributed by atoms with E-state index in [1.165, 1.54) is 0 Å². The third-order valence-electron chi connectivity index (χ3n) is 6.58. The predicted octanol–water partition coefficient (Wildman–Crippen LogP) is 2.16. The maximum atomic E-state index is 13.4. The van der Waals surface area contributed by atoms with Crippen molar-refractivity contribution in [3.05, 3.63) is 43.3 Å². The van der Waals surface area contributed by atoms with E-state index in [9.17, 15) is 29.1 Å². The molecule has 1 aromatic carbocycles. The molecule has 2 N–H and O–H groups in total. The van der Waals surface area contributed by atoms with Crippen LogP contribution in [0.3, 0.4) is 0 Å². The van der Waals surface area contributed by atoms with Crippen molar-refractivity contribution in [1.82, 2.24) is 14.8 Å². The lowest BCUT2D eigenvalue weighted by molar-refractivity contribution is -0.149. The van der Waals surface area contributed by atoms with Gasteiger partial charge in [-0.3, -0.25) is 28.9 Å². The molecule has 13 heteroatoms. The van der Waals surface area contributed by atoms with Gasteiger partial charge in [-0.2, -0.15) is 0 Å². The average Bonchev–Trinajstić information content (AvgIpc) is 3.34. The SMILES string of the molecule is O=C(O)CN1C(=O)C2Sc3[nH]c(=O)sc3[C@H](c3cc(Cl)ccc3OCC(=O)N3CCCCC3)C2C1=O. The van der Waals surface area contributed by atoms with Gasteiger partial charge in [-0.1, -0.05) is 34.7 Å². The van der Waals surface area contributed by atoms with Crippen LogP contribution in [0.1, 0.15) is 35.6 Å². The van der Waals surface area contributed by atoms with E-state index >= 15 is 0 Å². The molecule has 4 heterocycles. The zero-order valence-corrected chi connectivity index (χ0v) is 21.3. The number of thioether (sulfide) groups is 1. The highest BCUT2D eigenvalue weighted by Gasteiger charge is 2.56. The molecule has 10 nitrogen and oxygen atoms in total. The number of hydrogen-bond donors (Lipinski definition) is 2. The van der Waals surface area contributed by atoms with Crippen molar-refractivity contribution < 1.29 is 29.0 Å². The minimum atomic E-state index is -1.30. The number of H-pyrrole nitrogens is 1. The Bertz CT molecular complexity index is 1300. The van der Waals surface area contributed by atoms with Crippen LogP contribution in [0.2, 0.25) is 5.02 Å². The Morgan fingerprint density at radius 2 is 1.89 bits per heavy atom. The molecule has 190 valence electrons. The van der Waals surface area contributed by atoms with E-state index in [0.717, 1.165) is 47.3 Å². The van der Waals surface area contributed by atoms with Crippen LogP contribution in [0.5, 0.6) is 5.75 Å². The number of piperidine rings is 1. The van der Waals surface area contributed by atoms with Gasteiger partial charge < -0.3 is 19.7 Å². The highest BCUT2D eigenvalue weighted by atomic mass is 35.5. The first-order chi connectivity index (χ1) is 17.2. The molecule has 0 spiro atoms. The van der Waals surface area contributed by atoms with Crippen molar-refractivity contribution in [2.24, 2.45) is 5.92 Å². The van der Waals surface area contributed by atoms with Crippen molar-refractivity contribution in [1.29, 1.82) is 0 Å². The number of thiazole rings is 1. The molecule has 36 heavy (non-hydrogen) atoms. The second kappa shape index (κ2) is 9.91. The van der Waals surface area contributed by atoms with Crippen molar-refractivity contribution in [3.8, 4) is 5.75 Å². The largest absolute Gasteiger partial charge is 0.483 e. The van der Waals surface area contributed by atoms with Gasteiger partial charge in [0.15, 0.2) is 6.61 Å². The molecule has 3 aliphatic heterocycles. The lowest BCUT2D eigenvalue weighted by Crippen LogP contribution is -2.38. The van der Waals surface area contributed by atoms with Crippen molar-refractivity contribution in [3.63, 3.8) is 0 Å². The maximum Gasteiger partial charge on any atom is 0.323 e. The quantitative estimate of drug-likeness (QED) is 0.521. The number of fused-ring (bicyclic) bond motifs is 2. The first-order valence-electron chi connectivity index (χ1n) is 11.4. The highest BCUT2D eigenvalue weighted by Crippen LogP contribution is 2.54. The fourth-order valence-corrected chi connectivity index (χ4v) is 7.68. The van der Waals surface area contributed by atoms with E-state index in [1.807, 2.05) is 0 Å². The number of ether oxygens (including phenoxy) is 1. The Morgan fingerprint density at radius 1 is 1.14 bits per heavy atom.